The van der Waals surface area contributed by atoms with Crippen LogP contribution in [0.1, 0.15) is 23.7 Å². The second-order valence-electron chi connectivity index (χ2n) is 4.52. The topological polar surface area (TPSA) is 46.6 Å². The molecule has 1 amide bonds. The maximum atomic E-state index is 12.2. The fourth-order valence-corrected chi connectivity index (χ4v) is 1.93. The van der Waals surface area contributed by atoms with Gasteiger partial charge in [0.05, 0.1) is 6.54 Å². The maximum absolute atomic E-state index is 12.2. The molecule has 0 aliphatic heterocycles. The zero-order valence-corrected chi connectivity index (χ0v) is 14.8. The summed E-state index contributed by atoms with van der Waals surface area (Å²) in [5, 5.41) is 0.532. The van der Waals surface area contributed by atoms with Crippen molar-refractivity contribution in [3.63, 3.8) is 0 Å². The van der Waals surface area contributed by atoms with E-state index in [2.05, 4.69) is 0 Å². The number of amides is 1. The van der Waals surface area contributed by atoms with Crippen molar-refractivity contribution >= 4 is 58.3 Å². The van der Waals surface area contributed by atoms with Crippen LogP contribution in [0.4, 0.5) is 4.79 Å². The highest BCUT2D eigenvalue weighted by Gasteiger charge is 2.25. The Morgan fingerprint density at radius 2 is 1.77 bits per heavy atom. The van der Waals surface area contributed by atoms with Crippen LogP contribution in [-0.4, -0.2) is 40.3 Å². The molecule has 1 aromatic rings. The van der Waals surface area contributed by atoms with Crippen LogP contribution < -0.4 is 0 Å². The summed E-state index contributed by atoms with van der Waals surface area (Å²) in [6, 6.07) is 6.42. The number of alkyl halides is 3. The number of carbonyl (C=O) groups excluding carboxylic acids is 2. The summed E-state index contributed by atoms with van der Waals surface area (Å²) in [7, 11) is 0. The van der Waals surface area contributed by atoms with Gasteiger partial charge in [0.25, 0.3) is 0 Å². The van der Waals surface area contributed by atoms with Crippen molar-refractivity contribution < 1.29 is 14.3 Å². The van der Waals surface area contributed by atoms with Gasteiger partial charge in [0, 0.05) is 17.1 Å². The van der Waals surface area contributed by atoms with E-state index in [0.717, 1.165) is 0 Å². The van der Waals surface area contributed by atoms with E-state index in [1.165, 1.54) is 4.90 Å². The number of hydrogen-bond acceptors (Lipinski definition) is 3. The third-order valence-electron chi connectivity index (χ3n) is 2.61. The SMILES string of the molecule is CCCN(CC(=O)c1ccc(Cl)cc1)C(=O)OCC(Cl)(Cl)Cl. The molecule has 0 unspecified atom stereocenters. The number of benzene rings is 1. The quantitative estimate of drug-likeness (QED) is 0.523. The fraction of sp³-hybridized carbons (Fsp3) is 0.429. The molecule has 0 saturated heterocycles. The first-order valence-corrected chi connectivity index (χ1v) is 8.01. The summed E-state index contributed by atoms with van der Waals surface area (Å²) in [6.07, 6.45) is -0.0352. The van der Waals surface area contributed by atoms with E-state index in [-0.39, 0.29) is 18.9 Å². The number of rotatable bonds is 6. The van der Waals surface area contributed by atoms with Crippen LogP contribution in [0.25, 0.3) is 0 Å². The van der Waals surface area contributed by atoms with Crippen LogP contribution in [-0.2, 0) is 4.74 Å². The van der Waals surface area contributed by atoms with Crippen LogP contribution in [0.15, 0.2) is 24.3 Å². The average molecular weight is 387 g/mol. The molecule has 0 N–H and O–H groups in total. The van der Waals surface area contributed by atoms with Crippen molar-refractivity contribution in [3.8, 4) is 0 Å². The first-order valence-electron chi connectivity index (χ1n) is 6.50. The molecule has 0 heterocycles. The lowest BCUT2D eigenvalue weighted by molar-refractivity contribution is 0.0832. The van der Waals surface area contributed by atoms with E-state index in [1.54, 1.807) is 24.3 Å². The van der Waals surface area contributed by atoms with Crippen LogP contribution in [0, 0.1) is 0 Å². The third-order valence-corrected chi connectivity index (χ3v) is 3.19. The van der Waals surface area contributed by atoms with E-state index in [1.807, 2.05) is 6.92 Å². The molecule has 0 atom stereocenters. The lowest BCUT2D eigenvalue weighted by Crippen LogP contribution is -2.38. The number of nitrogens with zero attached hydrogens (tertiary/aromatic N) is 1. The largest absolute Gasteiger partial charge is 0.445 e. The normalized spacial score (nSPS) is 11.1. The zero-order valence-electron chi connectivity index (χ0n) is 11.8. The van der Waals surface area contributed by atoms with Gasteiger partial charge in [0.2, 0.25) is 3.79 Å². The molecule has 4 nitrogen and oxygen atoms in total. The van der Waals surface area contributed by atoms with Gasteiger partial charge in [0.1, 0.15) is 6.61 Å². The molecule has 22 heavy (non-hydrogen) atoms. The molecule has 8 heteroatoms. The summed E-state index contributed by atoms with van der Waals surface area (Å²) in [5.41, 5.74) is 0.458. The first-order chi connectivity index (χ1) is 10.2. The Kier molecular flexibility index (Phi) is 7.77. The van der Waals surface area contributed by atoms with E-state index in [4.69, 9.17) is 51.1 Å². The Bertz CT molecular complexity index is 514. The minimum Gasteiger partial charge on any atom is -0.445 e. The number of Topliss-reactive ketones (excluding diaryl/α,β-unsaturated/α-hetero) is 1. The van der Waals surface area contributed by atoms with Gasteiger partial charge in [-0.2, -0.15) is 0 Å². The molecule has 1 aromatic carbocycles. The molecule has 0 aliphatic rings. The van der Waals surface area contributed by atoms with Crippen molar-refractivity contribution in [2.45, 2.75) is 17.1 Å². The first kappa shape index (κ1) is 19.4. The highest BCUT2D eigenvalue weighted by atomic mass is 35.6. The standard InChI is InChI=1S/C14H15Cl4NO3/c1-2-7-19(13(21)22-9-14(16,17)18)8-12(20)10-3-5-11(15)6-4-10/h3-6H,2,7-9H2,1H3. The minimum absolute atomic E-state index is 0.117. The summed E-state index contributed by atoms with van der Waals surface area (Å²) >= 11 is 22.4. The van der Waals surface area contributed by atoms with Gasteiger partial charge in [-0.15, -0.1) is 0 Å². The second-order valence-corrected chi connectivity index (χ2v) is 7.47. The van der Waals surface area contributed by atoms with Crippen molar-refractivity contribution in [2.75, 3.05) is 19.7 Å². The smallest absolute Gasteiger partial charge is 0.410 e. The second kappa shape index (κ2) is 8.82. The lowest BCUT2D eigenvalue weighted by atomic mass is 10.1. The molecule has 0 saturated carbocycles. The zero-order chi connectivity index (χ0) is 16.8. The summed E-state index contributed by atoms with van der Waals surface area (Å²) in [4.78, 5) is 25.4. The number of ether oxygens (including phenoxy) is 1. The van der Waals surface area contributed by atoms with Gasteiger partial charge in [-0.05, 0) is 30.7 Å². The predicted molar refractivity (Wildman–Crippen MR) is 89.3 cm³/mol. The van der Waals surface area contributed by atoms with E-state index >= 15 is 0 Å². The summed E-state index contributed by atoms with van der Waals surface area (Å²) in [6.45, 7) is 1.74. The molecule has 0 spiro atoms. The van der Waals surface area contributed by atoms with Crippen molar-refractivity contribution in [1.29, 1.82) is 0 Å². The van der Waals surface area contributed by atoms with Gasteiger partial charge >= 0.3 is 6.09 Å². The Hall–Kier alpha value is -0.680. The lowest BCUT2D eigenvalue weighted by Gasteiger charge is -2.22. The van der Waals surface area contributed by atoms with E-state index in [0.29, 0.717) is 23.6 Å². The van der Waals surface area contributed by atoms with Gasteiger partial charge < -0.3 is 9.64 Å². The average Bonchev–Trinajstić information content (AvgIpc) is 2.44. The van der Waals surface area contributed by atoms with Gasteiger partial charge in [-0.25, -0.2) is 4.79 Å². The molecule has 0 radical (unpaired) electrons. The molecule has 1 rings (SSSR count). The highest BCUT2D eigenvalue weighted by Crippen LogP contribution is 2.26. The number of hydrogen-bond donors (Lipinski definition) is 0. The molecule has 0 bridgehead atoms. The van der Waals surface area contributed by atoms with Crippen LogP contribution in [0.5, 0.6) is 0 Å². The molecule has 0 fully saturated rings. The fourth-order valence-electron chi connectivity index (χ4n) is 1.64. The van der Waals surface area contributed by atoms with Crippen molar-refractivity contribution in [3.05, 3.63) is 34.9 Å². The number of halogens is 4. The summed E-state index contributed by atoms with van der Waals surface area (Å²) < 4.78 is 3.21. The Morgan fingerprint density at radius 3 is 2.27 bits per heavy atom. The molecule has 0 aromatic heterocycles. The monoisotopic (exact) mass is 385 g/mol. The Labute approximate surface area is 149 Å². The molecular weight excluding hydrogens is 372 g/mol. The van der Waals surface area contributed by atoms with Crippen LogP contribution >= 0.6 is 46.4 Å². The molecular formula is C14H15Cl4NO3. The summed E-state index contributed by atoms with van der Waals surface area (Å²) in [5.74, 6) is -0.226. The maximum Gasteiger partial charge on any atom is 0.410 e. The molecule has 0 aliphatic carbocycles. The van der Waals surface area contributed by atoms with E-state index < -0.39 is 9.89 Å². The number of carbonyl (C=O) groups is 2. The van der Waals surface area contributed by atoms with Crippen LogP contribution in [0.2, 0.25) is 5.02 Å². The van der Waals surface area contributed by atoms with Crippen molar-refractivity contribution in [1.82, 2.24) is 4.90 Å². The van der Waals surface area contributed by atoms with Gasteiger partial charge in [-0.3, -0.25) is 4.79 Å². The van der Waals surface area contributed by atoms with Crippen LogP contribution in [0.3, 0.4) is 0 Å². The minimum atomic E-state index is -1.69. The Balaban J connectivity index is 2.68. The van der Waals surface area contributed by atoms with Gasteiger partial charge in [0.15, 0.2) is 5.78 Å². The number of ketones is 1. The highest BCUT2D eigenvalue weighted by molar-refractivity contribution is 6.67. The van der Waals surface area contributed by atoms with Gasteiger partial charge in [-0.1, -0.05) is 53.3 Å². The van der Waals surface area contributed by atoms with Crippen molar-refractivity contribution in [2.24, 2.45) is 0 Å². The van der Waals surface area contributed by atoms with E-state index in [9.17, 15) is 9.59 Å². The molecule has 122 valence electrons. The predicted octanol–water partition coefficient (Wildman–Crippen LogP) is 4.74. The Morgan fingerprint density at radius 1 is 1.18 bits per heavy atom. The third kappa shape index (κ3) is 7.05.